The van der Waals surface area contributed by atoms with Gasteiger partial charge in [0.25, 0.3) is 0 Å². The van der Waals surface area contributed by atoms with Gasteiger partial charge in [0.15, 0.2) is 15.8 Å². The van der Waals surface area contributed by atoms with Gasteiger partial charge in [0.2, 0.25) is 5.91 Å². The highest BCUT2D eigenvalue weighted by molar-refractivity contribution is 14.0. The van der Waals surface area contributed by atoms with Gasteiger partial charge in [-0.15, -0.1) is 24.0 Å². The van der Waals surface area contributed by atoms with Crippen molar-refractivity contribution in [1.29, 1.82) is 0 Å². The van der Waals surface area contributed by atoms with Crippen LogP contribution in [0.15, 0.2) is 52.4 Å². The maximum absolute atomic E-state index is 11.8. The zero-order chi connectivity index (χ0) is 22.4. The first-order valence-corrected chi connectivity index (χ1v) is 12.2. The highest BCUT2D eigenvalue weighted by atomic mass is 127. The first kappa shape index (κ1) is 26.1. The first-order chi connectivity index (χ1) is 14.8. The van der Waals surface area contributed by atoms with Gasteiger partial charge in [0.05, 0.1) is 4.90 Å². The summed E-state index contributed by atoms with van der Waals surface area (Å²) in [5, 5.41) is 6.54. The van der Waals surface area contributed by atoms with E-state index in [2.05, 4.69) is 39.9 Å². The fourth-order valence-corrected chi connectivity index (χ4v) is 4.64. The van der Waals surface area contributed by atoms with Crippen molar-refractivity contribution in [1.82, 2.24) is 15.5 Å². The third-order valence-corrected chi connectivity index (χ3v) is 6.61. The van der Waals surface area contributed by atoms with Gasteiger partial charge in [-0.05, 0) is 41.7 Å². The summed E-state index contributed by atoms with van der Waals surface area (Å²) in [6.45, 7) is 4.48. The Hall–Kier alpha value is -2.14. The van der Waals surface area contributed by atoms with Crippen molar-refractivity contribution >= 4 is 45.7 Å². The average molecular weight is 570 g/mol. The number of sulfone groups is 1. The van der Waals surface area contributed by atoms with Crippen LogP contribution in [0.5, 0.6) is 0 Å². The Morgan fingerprint density at radius 1 is 1.03 bits per heavy atom. The minimum Gasteiger partial charge on any atom is -0.352 e. The topological polar surface area (TPSA) is 90.9 Å². The quantitative estimate of drug-likeness (QED) is 0.304. The zero-order valence-electron chi connectivity index (χ0n) is 18.7. The lowest BCUT2D eigenvalue weighted by Gasteiger charge is -2.16. The van der Waals surface area contributed by atoms with Crippen LogP contribution in [-0.4, -0.2) is 45.0 Å². The smallest absolute Gasteiger partial charge is 0.222 e. The molecule has 1 saturated heterocycles. The lowest BCUT2D eigenvalue weighted by Crippen LogP contribution is -2.36. The second-order valence-electron chi connectivity index (χ2n) is 7.89. The number of halogens is 1. The first-order valence-electron chi connectivity index (χ1n) is 10.4. The summed E-state index contributed by atoms with van der Waals surface area (Å²) < 4.78 is 23.5. The van der Waals surface area contributed by atoms with Gasteiger partial charge >= 0.3 is 0 Å². The molecule has 7 nitrogen and oxygen atoms in total. The molecule has 0 atom stereocenters. The molecule has 1 amide bonds. The molecule has 0 unspecified atom stereocenters. The van der Waals surface area contributed by atoms with Crippen molar-refractivity contribution in [2.45, 2.75) is 44.3 Å². The van der Waals surface area contributed by atoms with Crippen molar-refractivity contribution in [2.75, 3.05) is 19.8 Å². The molecule has 0 saturated carbocycles. The molecule has 2 aromatic carbocycles. The molecule has 3 rings (SSSR count). The molecular weight excluding hydrogens is 539 g/mol. The summed E-state index contributed by atoms with van der Waals surface area (Å²) >= 11 is 0. The molecule has 0 bridgehead atoms. The summed E-state index contributed by atoms with van der Waals surface area (Å²) in [6.07, 6.45) is 2.83. The Kier molecular flexibility index (Phi) is 9.50. The van der Waals surface area contributed by atoms with Crippen molar-refractivity contribution in [3.05, 3.63) is 64.7 Å². The molecule has 32 heavy (non-hydrogen) atoms. The number of aryl methyl sites for hydroxylation is 1. The minimum atomic E-state index is -3.21. The van der Waals surface area contributed by atoms with Crippen molar-refractivity contribution < 1.29 is 13.2 Å². The molecule has 2 N–H and O–H groups in total. The molecule has 1 heterocycles. The summed E-state index contributed by atoms with van der Waals surface area (Å²) in [4.78, 5) is 18.3. The number of rotatable bonds is 7. The highest BCUT2D eigenvalue weighted by Crippen LogP contribution is 2.17. The summed E-state index contributed by atoms with van der Waals surface area (Å²) in [5.74, 6) is 0.901. The third-order valence-electron chi connectivity index (χ3n) is 5.35. The minimum absolute atomic E-state index is 0. The van der Waals surface area contributed by atoms with Crippen LogP contribution in [0.2, 0.25) is 0 Å². The van der Waals surface area contributed by atoms with E-state index >= 15 is 0 Å². The van der Waals surface area contributed by atoms with E-state index in [1.54, 1.807) is 20.0 Å². The van der Waals surface area contributed by atoms with E-state index in [1.165, 1.54) is 6.26 Å². The number of carbonyl (C=O) groups is 1. The number of hydrogen-bond donors (Lipinski definition) is 2. The molecule has 0 aromatic heterocycles. The number of benzene rings is 2. The molecule has 1 fully saturated rings. The second kappa shape index (κ2) is 11.6. The normalized spacial score (nSPS) is 14.3. The largest absolute Gasteiger partial charge is 0.352 e. The average Bonchev–Trinajstić information content (AvgIpc) is 3.13. The van der Waals surface area contributed by atoms with Crippen molar-refractivity contribution in [3.8, 4) is 0 Å². The van der Waals surface area contributed by atoms with Gasteiger partial charge in [-0.2, -0.15) is 0 Å². The standard InChI is InChI=1S/C23H30N4O3S.HI/c1-17-13-20(10-11-21(17)31(3,29)30)15-26-23(24-2)25-14-18-6-8-19(9-7-18)16-27-12-4-5-22(27)28;/h6-11,13H,4-5,12,14-16H2,1-3H3,(H2,24,25,26);1H. The molecule has 1 aliphatic heterocycles. The van der Waals surface area contributed by atoms with Gasteiger partial charge in [0, 0.05) is 45.9 Å². The van der Waals surface area contributed by atoms with Crippen LogP contribution in [0.25, 0.3) is 0 Å². The molecule has 2 aromatic rings. The fourth-order valence-electron chi connectivity index (χ4n) is 3.68. The van der Waals surface area contributed by atoms with E-state index in [-0.39, 0.29) is 29.9 Å². The van der Waals surface area contributed by atoms with Crippen LogP contribution in [0.1, 0.15) is 35.1 Å². The van der Waals surface area contributed by atoms with Gasteiger partial charge < -0.3 is 15.5 Å². The van der Waals surface area contributed by atoms with Crippen LogP contribution < -0.4 is 10.6 Å². The number of carbonyl (C=O) groups excluding carboxylic acids is 1. The third kappa shape index (κ3) is 7.19. The molecule has 0 radical (unpaired) electrons. The number of guanidine groups is 1. The zero-order valence-corrected chi connectivity index (χ0v) is 21.9. The molecule has 0 aliphatic carbocycles. The Balaban J connectivity index is 0.00000363. The second-order valence-corrected chi connectivity index (χ2v) is 9.87. The van der Waals surface area contributed by atoms with Crippen LogP contribution >= 0.6 is 24.0 Å². The number of hydrogen-bond acceptors (Lipinski definition) is 4. The van der Waals surface area contributed by atoms with Gasteiger partial charge in [-0.25, -0.2) is 8.42 Å². The molecular formula is C23H31IN4O3S. The van der Waals surface area contributed by atoms with Crippen LogP contribution in [-0.2, 0) is 34.3 Å². The molecule has 0 spiro atoms. The summed E-state index contributed by atoms with van der Waals surface area (Å²) in [6, 6.07) is 13.6. The van der Waals surface area contributed by atoms with E-state index in [1.807, 2.05) is 17.0 Å². The van der Waals surface area contributed by atoms with Crippen LogP contribution in [0.4, 0.5) is 0 Å². The molecule has 174 valence electrons. The van der Waals surface area contributed by atoms with E-state index in [0.29, 0.717) is 36.9 Å². The predicted molar refractivity (Wildman–Crippen MR) is 138 cm³/mol. The maximum Gasteiger partial charge on any atom is 0.222 e. The lowest BCUT2D eigenvalue weighted by molar-refractivity contribution is -0.128. The van der Waals surface area contributed by atoms with E-state index < -0.39 is 9.84 Å². The lowest BCUT2D eigenvalue weighted by atomic mass is 10.1. The summed E-state index contributed by atoms with van der Waals surface area (Å²) in [7, 11) is -1.50. The van der Waals surface area contributed by atoms with Gasteiger partial charge in [0.1, 0.15) is 0 Å². The van der Waals surface area contributed by atoms with Crippen LogP contribution in [0, 0.1) is 6.92 Å². The number of aliphatic imine (C=N–C) groups is 1. The van der Waals surface area contributed by atoms with Crippen molar-refractivity contribution in [2.24, 2.45) is 4.99 Å². The number of nitrogens with zero attached hydrogens (tertiary/aromatic N) is 2. The fraction of sp³-hybridized carbons (Fsp3) is 0.391. The van der Waals surface area contributed by atoms with Gasteiger partial charge in [-0.3, -0.25) is 9.79 Å². The van der Waals surface area contributed by atoms with E-state index in [0.717, 1.165) is 35.2 Å². The Labute approximate surface area is 207 Å². The molecule has 1 aliphatic rings. The maximum atomic E-state index is 11.8. The SMILES string of the molecule is CN=C(NCc1ccc(CN2CCCC2=O)cc1)NCc1ccc(S(C)(=O)=O)c(C)c1.I. The monoisotopic (exact) mass is 570 g/mol. The van der Waals surface area contributed by atoms with E-state index in [4.69, 9.17) is 0 Å². The Morgan fingerprint density at radius 2 is 1.62 bits per heavy atom. The predicted octanol–water partition coefficient (Wildman–Crippen LogP) is 3.00. The van der Waals surface area contributed by atoms with Crippen LogP contribution in [0.3, 0.4) is 0 Å². The Bertz CT molecular complexity index is 1070. The van der Waals surface area contributed by atoms with Gasteiger partial charge in [-0.1, -0.05) is 36.4 Å². The number of amides is 1. The van der Waals surface area contributed by atoms with Crippen molar-refractivity contribution in [3.63, 3.8) is 0 Å². The van der Waals surface area contributed by atoms with E-state index in [9.17, 15) is 13.2 Å². The number of nitrogens with one attached hydrogen (secondary N) is 2. The Morgan fingerprint density at radius 3 is 2.16 bits per heavy atom. The summed E-state index contributed by atoms with van der Waals surface area (Å²) in [5.41, 5.74) is 3.97. The highest BCUT2D eigenvalue weighted by Gasteiger charge is 2.19. The molecule has 9 heteroatoms. The number of likely N-dealkylation sites (tertiary alicyclic amines) is 1.